The molecule has 0 aliphatic rings. The zero-order valence-electron chi connectivity index (χ0n) is 11.1. The predicted octanol–water partition coefficient (Wildman–Crippen LogP) is 2.77. The van der Waals surface area contributed by atoms with Gasteiger partial charge >= 0.3 is 0 Å². The Balaban J connectivity index is 2.79. The molecule has 0 saturated carbocycles. The molecule has 1 aromatic rings. The SMILES string of the molecule is CCNc1ncnc(NC(CC)CSC)c1C. The number of nitrogens with one attached hydrogen (secondary N) is 2. The minimum absolute atomic E-state index is 0.466. The first-order valence-corrected chi connectivity index (χ1v) is 7.43. The summed E-state index contributed by atoms with van der Waals surface area (Å²) in [6.07, 6.45) is 4.83. The van der Waals surface area contributed by atoms with E-state index in [0.717, 1.165) is 35.9 Å². The second-order valence-electron chi connectivity index (χ2n) is 3.93. The zero-order valence-corrected chi connectivity index (χ0v) is 11.9. The smallest absolute Gasteiger partial charge is 0.134 e. The predicted molar refractivity (Wildman–Crippen MR) is 77.0 cm³/mol. The second-order valence-corrected chi connectivity index (χ2v) is 4.84. The van der Waals surface area contributed by atoms with E-state index in [1.54, 1.807) is 6.33 Å². The number of aromatic nitrogens is 2. The van der Waals surface area contributed by atoms with E-state index in [1.807, 2.05) is 18.7 Å². The highest BCUT2D eigenvalue weighted by atomic mass is 32.2. The molecule has 0 radical (unpaired) electrons. The molecule has 1 heterocycles. The quantitative estimate of drug-likeness (QED) is 0.783. The third kappa shape index (κ3) is 4.07. The van der Waals surface area contributed by atoms with Crippen LogP contribution in [0, 0.1) is 6.92 Å². The Hall–Kier alpha value is -0.970. The molecule has 0 aliphatic heterocycles. The molecule has 0 aliphatic carbocycles. The lowest BCUT2D eigenvalue weighted by Crippen LogP contribution is -2.22. The lowest BCUT2D eigenvalue weighted by atomic mass is 10.2. The van der Waals surface area contributed by atoms with Crippen LogP contribution < -0.4 is 10.6 Å². The van der Waals surface area contributed by atoms with Crippen LogP contribution >= 0.6 is 11.8 Å². The molecule has 5 heteroatoms. The fourth-order valence-corrected chi connectivity index (χ4v) is 2.32. The topological polar surface area (TPSA) is 49.8 Å². The van der Waals surface area contributed by atoms with E-state index in [0.29, 0.717) is 6.04 Å². The van der Waals surface area contributed by atoms with Gasteiger partial charge in [0.1, 0.15) is 18.0 Å². The van der Waals surface area contributed by atoms with Gasteiger partial charge in [-0.05, 0) is 26.5 Å². The summed E-state index contributed by atoms with van der Waals surface area (Å²) in [6.45, 7) is 7.18. The van der Waals surface area contributed by atoms with Crippen molar-refractivity contribution in [3.8, 4) is 0 Å². The van der Waals surface area contributed by atoms with Crippen molar-refractivity contribution in [2.45, 2.75) is 33.2 Å². The van der Waals surface area contributed by atoms with Crippen molar-refractivity contribution in [3.63, 3.8) is 0 Å². The Labute approximate surface area is 108 Å². The molecule has 2 N–H and O–H groups in total. The van der Waals surface area contributed by atoms with E-state index < -0.39 is 0 Å². The first kappa shape index (κ1) is 14.1. The van der Waals surface area contributed by atoms with Crippen LogP contribution in [-0.4, -0.2) is 34.6 Å². The van der Waals surface area contributed by atoms with Gasteiger partial charge in [-0.1, -0.05) is 6.92 Å². The Bertz CT molecular complexity index is 343. The van der Waals surface area contributed by atoms with Crippen LogP contribution in [0.3, 0.4) is 0 Å². The summed E-state index contributed by atoms with van der Waals surface area (Å²) >= 11 is 1.85. The van der Waals surface area contributed by atoms with Crippen molar-refractivity contribution < 1.29 is 0 Å². The molecule has 1 aromatic heterocycles. The Morgan fingerprint density at radius 1 is 1.29 bits per heavy atom. The van der Waals surface area contributed by atoms with E-state index in [2.05, 4.69) is 40.7 Å². The maximum atomic E-state index is 4.32. The number of hydrogen-bond donors (Lipinski definition) is 2. The Kier molecular flexibility index (Phi) is 6.11. The molecular weight excluding hydrogens is 232 g/mol. The summed E-state index contributed by atoms with van der Waals surface area (Å²) in [7, 11) is 0. The monoisotopic (exact) mass is 254 g/mol. The summed E-state index contributed by atoms with van der Waals surface area (Å²) in [5, 5.41) is 6.73. The highest BCUT2D eigenvalue weighted by Crippen LogP contribution is 2.19. The minimum atomic E-state index is 0.466. The first-order valence-electron chi connectivity index (χ1n) is 6.03. The highest BCUT2D eigenvalue weighted by Gasteiger charge is 2.10. The molecule has 1 atom stereocenters. The molecule has 96 valence electrons. The fraction of sp³-hybridized carbons (Fsp3) is 0.667. The van der Waals surface area contributed by atoms with Gasteiger partial charge in [-0.2, -0.15) is 11.8 Å². The van der Waals surface area contributed by atoms with Crippen molar-refractivity contribution in [2.75, 3.05) is 29.2 Å². The first-order chi connectivity index (χ1) is 8.22. The Morgan fingerprint density at radius 2 is 2.00 bits per heavy atom. The van der Waals surface area contributed by atoms with Gasteiger partial charge in [-0.3, -0.25) is 0 Å². The van der Waals surface area contributed by atoms with Crippen LogP contribution in [0.25, 0.3) is 0 Å². The molecule has 0 aromatic carbocycles. The van der Waals surface area contributed by atoms with Gasteiger partial charge in [-0.25, -0.2) is 9.97 Å². The van der Waals surface area contributed by atoms with Crippen LogP contribution in [0.15, 0.2) is 6.33 Å². The number of anilines is 2. The van der Waals surface area contributed by atoms with E-state index in [4.69, 9.17) is 0 Å². The number of nitrogens with zero attached hydrogens (tertiary/aromatic N) is 2. The van der Waals surface area contributed by atoms with Crippen molar-refractivity contribution in [3.05, 3.63) is 11.9 Å². The molecule has 0 spiro atoms. The van der Waals surface area contributed by atoms with Gasteiger partial charge in [0.15, 0.2) is 0 Å². The molecule has 1 unspecified atom stereocenters. The summed E-state index contributed by atoms with van der Waals surface area (Å²) in [6, 6.07) is 0.466. The van der Waals surface area contributed by atoms with Crippen molar-refractivity contribution in [1.82, 2.24) is 9.97 Å². The molecule has 0 saturated heterocycles. The van der Waals surface area contributed by atoms with Crippen LogP contribution in [0.1, 0.15) is 25.8 Å². The molecule has 0 fully saturated rings. The molecule has 0 bridgehead atoms. The fourth-order valence-electron chi connectivity index (χ4n) is 1.60. The van der Waals surface area contributed by atoms with E-state index in [1.165, 1.54) is 0 Å². The summed E-state index contributed by atoms with van der Waals surface area (Å²) in [5.41, 5.74) is 1.09. The maximum Gasteiger partial charge on any atom is 0.134 e. The van der Waals surface area contributed by atoms with Gasteiger partial charge in [0, 0.05) is 23.9 Å². The maximum absolute atomic E-state index is 4.32. The van der Waals surface area contributed by atoms with Gasteiger partial charge in [0.05, 0.1) is 0 Å². The second kappa shape index (κ2) is 7.37. The average molecular weight is 254 g/mol. The zero-order chi connectivity index (χ0) is 12.7. The number of rotatable bonds is 7. The minimum Gasteiger partial charge on any atom is -0.370 e. The molecule has 0 amide bonds. The molecule has 1 rings (SSSR count). The third-order valence-corrected chi connectivity index (χ3v) is 3.37. The van der Waals surface area contributed by atoms with E-state index in [-0.39, 0.29) is 0 Å². The standard InChI is InChI=1S/C12H22N4S/c1-5-10(7-17-4)16-12-9(3)11(13-6-2)14-8-15-12/h8,10H,5-7H2,1-4H3,(H2,13,14,15,16). The average Bonchev–Trinajstić information content (AvgIpc) is 2.33. The molecule has 17 heavy (non-hydrogen) atoms. The van der Waals surface area contributed by atoms with Gasteiger partial charge < -0.3 is 10.6 Å². The summed E-state index contributed by atoms with van der Waals surface area (Å²) in [5.74, 6) is 2.96. The van der Waals surface area contributed by atoms with E-state index >= 15 is 0 Å². The third-order valence-electron chi connectivity index (χ3n) is 2.63. The van der Waals surface area contributed by atoms with Crippen LogP contribution in [-0.2, 0) is 0 Å². The van der Waals surface area contributed by atoms with Gasteiger partial charge in [-0.15, -0.1) is 0 Å². The lowest BCUT2D eigenvalue weighted by molar-refractivity contribution is 0.767. The van der Waals surface area contributed by atoms with Crippen molar-refractivity contribution in [2.24, 2.45) is 0 Å². The van der Waals surface area contributed by atoms with Crippen LogP contribution in [0.5, 0.6) is 0 Å². The van der Waals surface area contributed by atoms with Crippen molar-refractivity contribution in [1.29, 1.82) is 0 Å². The van der Waals surface area contributed by atoms with Gasteiger partial charge in [0.25, 0.3) is 0 Å². The van der Waals surface area contributed by atoms with Gasteiger partial charge in [0.2, 0.25) is 0 Å². The Morgan fingerprint density at radius 3 is 2.59 bits per heavy atom. The molecular formula is C12H22N4S. The van der Waals surface area contributed by atoms with E-state index in [9.17, 15) is 0 Å². The van der Waals surface area contributed by atoms with Crippen LogP contribution in [0.4, 0.5) is 11.6 Å². The summed E-state index contributed by atoms with van der Waals surface area (Å²) in [4.78, 5) is 8.56. The number of hydrogen-bond acceptors (Lipinski definition) is 5. The largest absolute Gasteiger partial charge is 0.370 e. The lowest BCUT2D eigenvalue weighted by Gasteiger charge is -2.18. The highest BCUT2D eigenvalue weighted by molar-refractivity contribution is 7.98. The number of thioether (sulfide) groups is 1. The normalized spacial score (nSPS) is 12.2. The van der Waals surface area contributed by atoms with Crippen molar-refractivity contribution >= 4 is 23.4 Å². The summed E-state index contributed by atoms with van der Waals surface area (Å²) < 4.78 is 0. The van der Waals surface area contributed by atoms with Crippen LogP contribution in [0.2, 0.25) is 0 Å². The molecule has 4 nitrogen and oxygen atoms in total.